The summed E-state index contributed by atoms with van der Waals surface area (Å²) in [5.41, 5.74) is 7.93. The molecule has 3 aromatic rings. The zero-order chi connectivity index (χ0) is 23.1. The molecule has 31 heavy (non-hydrogen) atoms. The van der Waals surface area contributed by atoms with E-state index in [1.54, 1.807) is 0 Å². The van der Waals surface area contributed by atoms with Crippen molar-refractivity contribution in [2.75, 3.05) is 0 Å². The fraction of sp³-hybridized carbons (Fsp3) is 0.357. The molecule has 0 radical (unpaired) electrons. The Morgan fingerprint density at radius 3 is 1.58 bits per heavy atom. The first-order valence-electron chi connectivity index (χ1n) is 10.8. The van der Waals surface area contributed by atoms with Gasteiger partial charge in [-0.2, -0.15) is 0 Å². The van der Waals surface area contributed by atoms with E-state index in [-0.39, 0.29) is 22.7 Å². The van der Waals surface area contributed by atoms with Gasteiger partial charge < -0.3 is 15.3 Å². The van der Waals surface area contributed by atoms with Crippen molar-refractivity contribution in [1.29, 1.82) is 0 Å². The molecule has 3 nitrogen and oxygen atoms in total. The lowest BCUT2D eigenvalue weighted by Crippen LogP contribution is -2.15. The highest BCUT2D eigenvalue weighted by atomic mass is 16.3. The lowest BCUT2D eigenvalue weighted by atomic mass is 9.80. The first-order valence-corrected chi connectivity index (χ1v) is 10.8. The summed E-state index contributed by atoms with van der Waals surface area (Å²) >= 11 is 0. The van der Waals surface area contributed by atoms with Crippen LogP contribution in [0.25, 0.3) is 0 Å². The van der Waals surface area contributed by atoms with E-state index in [1.165, 1.54) is 0 Å². The summed E-state index contributed by atoms with van der Waals surface area (Å²) in [6.45, 7) is 14.2. The molecule has 0 aliphatic carbocycles. The van der Waals surface area contributed by atoms with Crippen LogP contribution in [0.5, 0.6) is 17.2 Å². The van der Waals surface area contributed by atoms with E-state index in [9.17, 15) is 15.3 Å². The van der Waals surface area contributed by atoms with E-state index >= 15 is 0 Å². The molecule has 3 aromatic carbocycles. The summed E-state index contributed by atoms with van der Waals surface area (Å²) < 4.78 is 0. The second-order valence-electron chi connectivity index (χ2n) is 9.88. The Morgan fingerprint density at radius 1 is 0.613 bits per heavy atom. The van der Waals surface area contributed by atoms with Crippen molar-refractivity contribution in [1.82, 2.24) is 0 Å². The topological polar surface area (TPSA) is 60.7 Å². The number of phenolic OH excluding ortho intramolecular Hbond substituents is 3. The SMILES string of the molecule is Cc1cc(C)c(O)c(Cc2ccc(C(C)(C)C)c(Cc3cc(C)cc(C)c3O)c2O)c1. The fourth-order valence-electron chi connectivity index (χ4n) is 4.47. The number of benzene rings is 3. The molecule has 0 heterocycles. The lowest BCUT2D eigenvalue weighted by molar-refractivity contribution is 0.450. The minimum atomic E-state index is -0.165. The molecule has 3 N–H and O–H groups in total. The minimum Gasteiger partial charge on any atom is -0.507 e. The molecular weight excluding hydrogens is 384 g/mol. The monoisotopic (exact) mass is 418 g/mol. The van der Waals surface area contributed by atoms with Gasteiger partial charge in [-0.1, -0.05) is 68.3 Å². The quantitative estimate of drug-likeness (QED) is 0.452. The number of rotatable bonds is 4. The van der Waals surface area contributed by atoms with E-state index in [0.717, 1.165) is 50.1 Å². The number of hydrogen-bond donors (Lipinski definition) is 3. The smallest absolute Gasteiger partial charge is 0.122 e. The number of hydrogen-bond acceptors (Lipinski definition) is 3. The Kier molecular flexibility index (Phi) is 6.09. The van der Waals surface area contributed by atoms with Crippen LogP contribution in [0, 0.1) is 27.7 Å². The van der Waals surface area contributed by atoms with Crippen LogP contribution in [-0.2, 0) is 18.3 Å². The van der Waals surface area contributed by atoms with Gasteiger partial charge in [0.05, 0.1) is 0 Å². The Labute approximate surface area is 186 Å². The van der Waals surface area contributed by atoms with Crippen molar-refractivity contribution in [3.8, 4) is 17.2 Å². The van der Waals surface area contributed by atoms with Crippen molar-refractivity contribution >= 4 is 0 Å². The summed E-state index contributed by atoms with van der Waals surface area (Å²) in [7, 11) is 0. The third kappa shape index (κ3) is 4.71. The van der Waals surface area contributed by atoms with Crippen molar-refractivity contribution in [2.24, 2.45) is 0 Å². The Balaban J connectivity index is 2.14. The zero-order valence-corrected chi connectivity index (χ0v) is 19.7. The maximum atomic E-state index is 11.4. The molecule has 0 aliphatic heterocycles. The summed E-state index contributed by atoms with van der Waals surface area (Å²) in [6, 6.07) is 11.9. The number of aryl methyl sites for hydroxylation is 4. The minimum absolute atomic E-state index is 0.165. The average Bonchev–Trinajstić information content (AvgIpc) is 2.65. The molecule has 164 valence electrons. The van der Waals surface area contributed by atoms with E-state index < -0.39 is 0 Å². The molecule has 0 aliphatic rings. The molecule has 0 unspecified atom stereocenters. The van der Waals surface area contributed by atoms with E-state index in [1.807, 2.05) is 58.0 Å². The molecule has 0 aromatic heterocycles. The number of aromatic hydroxyl groups is 3. The van der Waals surface area contributed by atoms with Gasteiger partial charge in [0.1, 0.15) is 17.2 Å². The van der Waals surface area contributed by atoms with Gasteiger partial charge in [0.2, 0.25) is 0 Å². The van der Waals surface area contributed by atoms with Crippen LogP contribution in [0.3, 0.4) is 0 Å². The maximum absolute atomic E-state index is 11.4. The molecule has 0 fully saturated rings. The normalized spacial score (nSPS) is 11.7. The highest BCUT2D eigenvalue weighted by Crippen LogP contribution is 2.39. The van der Waals surface area contributed by atoms with Crippen LogP contribution >= 0.6 is 0 Å². The van der Waals surface area contributed by atoms with Crippen LogP contribution in [0.1, 0.15) is 70.8 Å². The highest BCUT2D eigenvalue weighted by Gasteiger charge is 2.24. The van der Waals surface area contributed by atoms with Gasteiger partial charge in [-0.15, -0.1) is 0 Å². The molecule has 0 amide bonds. The third-order valence-corrected chi connectivity index (χ3v) is 5.97. The second kappa shape index (κ2) is 8.30. The van der Waals surface area contributed by atoms with Gasteiger partial charge in [0.25, 0.3) is 0 Å². The molecule has 3 rings (SSSR count). The van der Waals surface area contributed by atoms with Crippen molar-refractivity contribution in [3.05, 3.63) is 86.5 Å². The molecule has 0 spiro atoms. The molecule has 0 bridgehead atoms. The first kappa shape index (κ1) is 22.7. The summed E-state index contributed by atoms with van der Waals surface area (Å²) in [6.07, 6.45) is 0.885. The maximum Gasteiger partial charge on any atom is 0.122 e. The molecule has 0 saturated heterocycles. The van der Waals surface area contributed by atoms with Crippen molar-refractivity contribution in [3.63, 3.8) is 0 Å². The van der Waals surface area contributed by atoms with Gasteiger partial charge in [-0.25, -0.2) is 0 Å². The third-order valence-electron chi connectivity index (χ3n) is 5.97. The van der Waals surface area contributed by atoms with Gasteiger partial charge in [-0.05, 0) is 66.5 Å². The van der Waals surface area contributed by atoms with Crippen LogP contribution < -0.4 is 0 Å². The molecular formula is C28H34O3. The summed E-state index contributed by atoms with van der Waals surface area (Å²) in [4.78, 5) is 0. The molecule has 0 atom stereocenters. The van der Waals surface area contributed by atoms with Gasteiger partial charge in [0, 0.05) is 18.4 Å². The Bertz CT molecular complexity index is 1130. The van der Waals surface area contributed by atoms with Crippen molar-refractivity contribution < 1.29 is 15.3 Å². The van der Waals surface area contributed by atoms with Gasteiger partial charge >= 0.3 is 0 Å². The largest absolute Gasteiger partial charge is 0.507 e. The Hall–Kier alpha value is -2.94. The summed E-state index contributed by atoms with van der Waals surface area (Å²) in [5.74, 6) is 0.796. The van der Waals surface area contributed by atoms with Crippen LogP contribution in [-0.4, -0.2) is 15.3 Å². The Morgan fingerprint density at radius 2 is 1.10 bits per heavy atom. The second-order valence-corrected chi connectivity index (χ2v) is 9.88. The molecule has 0 saturated carbocycles. The predicted octanol–water partition coefficient (Wildman–Crippen LogP) is 6.52. The van der Waals surface area contributed by atoms with Crippen LogP contribution in [0.4, 0.5) is 0 Å². The predicted molar refractivity (Wildman–Crippen MR) is 128 cm³/mol. The van der Waals surface area contributed by atoms with E-state index in [0.29, 0.717) is 12.8 Å². The average molecular weight is 419 g/mol. The van der Waals surface area contributed by atoms with Crippen LogP contribution in [0.2, 0.25) is 0 Å². The zero-order valence-electron chi connectivity index (χ0n) is 19.7. The highest BCUT2D eigenvalue weighted by molar-refractivity contribution is 5.55. The van der Waals surface area contributed by atoms with E-state index in [4.69, 9.17) is 0 Å². The lowest BCUT2D eigenvalue weighted by Gasteiger charge is -2.25. The van der Waals surface area contributed by atoms with Crippen LogP contribution in [0.15, 0.2) is 36.4 Å². The first-order chi connectivity index (χ1) is 14.4. The fourth-order valence-corrected chi connectivity index (χ4v) is 4.47. The number of phenols is 3. The summed E-state index contributed by atoms with van der Waals surface area (Å²) in [5, 5.41) is 32.6. The van der Waals surface area contributed by atoms with Gasteiger partial charge in [0.15, 0.2) is 0 Å². The molecule has 3 heteroatoms. The van der Waals surface area contributed by atoms with Gasteiger partial charge in [-0.3, -0.25) is 0 Å². The van der Waals surface area contributed by atoms with Crippen molar-refractivity contribution in [2.45, 2.75) is 66.7 Å². The standard InChI is InChI=1S/C28H34O3/c1-16-10-18(3)25(29)21(12-16)14-20-8-9-24(28(5,6)7)23(27(20)31)15-22-13-17(2)11-19(4)26(22)30/h8-13,29-31H,14-15H2,1-7H3. The van der Waals surface area contributed by atoms with E-state index in [2.05, 4.69) is 26.8 Å².